The number of carbonyl (C=O) groups excluding carboxylic acids is 1. The van der Waals surface area contributed by atoms with Crippen molar-refractivity contribution in [3.05, 3.63) is 53.9 Å². The summed E-state index contributed by atoms with van der Waals surface area (Å²) >= 11 is 0. The summed E-state index contributed by atoms with van der Waals surface area (Å²) in [6.45, 7) is 0.700. The second-order valence-corrected chi connectivity index (χ2v) is 4.11. The van der Waals surface area contributed by atoms with Gasteiger partial charge < -0.3 is 14.8 Å². The Morgan fingerprint density at radius 2 is 2.10 bits per heavy atom. The first kappa shape index (κ1) is 14.0. The molecule has 0 aliphatic heterocycles. The monoisotopic (exact) mass is 272 g/mol. The fourth-order valence-electron chi connectivity index (χ4n) is 1.76. The van der Waals surface area contributed by atoms with E-state index in [0.717, 1.165) is 11.3 Å². The van der Waals surface area contributed by atoms with Gasteiger partial charge in [-0.25, -0.2) is 9.78 Å². The number of rotatable bonds is 5. The molecule has 5 heteroatoms. The molecule has 20 heavy (non-hydrogen) atoms. The lowest BCUT2D eigenvalue weighted by Crippen LogP contribution is -2.06. The van der Waals surface area contributed by atoms with Crippen LogP contribution in [0.15, 0.2) is 42.6 Å². The summed E-state index contributed by atoms with van der Waals surface area (Å²) in [4.78, 5) is 15.4. The molecule has 0 unspecified atom stereocenters. The Bertz CT molecular complexity index is 599. The van der Waals surface area contributed by atoms with E-state index < -0.39 is 5.97 Å². The molecule has 0 fully saturated rings. The number of aromatic nitrogens is 1. The Hall–Kier alpha value is -2.40. The highest BCUT2D eigenvalue weighted by molar-refractivity contribution is 5.87. The van der Waals surface area contributed by atoms with Crippen LogP contribution in [0.3, 0.4) is 0 Å². The van der Waals surface area contributed by atoms with Crippen LogP contribution in [0.5, 0.6) is 11.5 Å². The smallest absolute Gasteiger partial charge is 0.356 e. The lowest BCUT2D eigenvalue weighted by Gasteiger charge is -2.11. The summed E-state index contributed by atoms with van der Waals surface area (Å²) < 4.78 is 10.4. The maximum atomic E-state index is 11.4. The van der Waals surface area contributed by atoms with Gasteiger partial charge in [-0.15, -0.1) is 0 Å². The molecule has 0 radical (unpaired) electrons. The molecule has 1 aromatic carbocycles. The number of methoxy groups -OCH3 is 1. The molecule has 0 spiro atoms. The lowest BCUT2D eigenvalue weighted by atomic mass is 10.2. The minimum Gasteiger partial charge on any atom is -0.464 e. The van der Waals surface area contributed by atoms with Crippen molar-refractivity contribution < 1.29 is 14.3 Å². The summed E-state index contributed by atoms with van der Waals surface area (Å²) in [5.74, 6) is 0.798. The first-order chi connectivity index (χ1) is 9.74. The zero-order valence-electron chi connectivity index (χ0n) is 11.4. The summed E-state index contributed by atoms with van der Waals surface area (Å²) in [5.41, 5.74) is 1.25. The molecule has 1 heterocycles. The number of hydrogen-bond donors (Lipinski definition) is 1. The van der Waals surface area contributed by atoms with Crippen LogP contribution in [0.4, 0.5) is 0 Å². The van der Waals surface area contributed by atoms with Crippen molar-refractivity contribution in [1.29, 1.82) is 0 Å². The van der Waals surface area contributed by atoms with Gasteiger partial charge in [0.1, 0.15) is 11.5 Å². The Balaban J connectivity index is 2.24. The Kier molecular flexibility index (Phi) is 4.68. The number of hydrogen-bond acceptors (Lipinski definition) is 5. The maximum absolute atomic E-state index is 11.4. The Labute approximate surface area is 117 Å². The van der Waals surface area contributed by atoms with Crippen molar-refractivity contribution in [3.63, 3.8) is 0 Å². The van der Waals surface area contributed by atoms with E-state index >= 15 is 0 Å². The SMILES string of the molecule is CNCc1ccccc1Oc1ccnc(C(=O)OC)c1. The zero-order chi connectivity index (χ0) is 14.4. The summed E-state index contributed by atoms with van der Waals surface area (Å²) in [5, 5.41) is 3.08. The van der Waals surface area contributed by atoms with Gasteiger partial charge in [-0.2, -0.15) is 0 Å². The van der Waals surface area contributed by atoms with Crippen LogP contribution in [-0.2, 0) is 11.3 Å². The molecule has 2 aromatic rings. The average Bonchev–Trinajstić information content (AvgIpc) is 2.49. The molecular formula is C15H16N2O3. The topological polar surface area (TPSA) is 60.5 Å². The Morgan fingerprint density at radius 1 is 1.30 bits per heavy atom. The third-order valence-electron chi connectivity index (χ3n) is 2.69. The average molecular weight is 272 g/mol. The minimum atomic E-state index is -0.487. The van der Waals surface area contributed by atoms with Gasteiger partial charge in [-0.1, -0.05) is 18.2 Å². The molecular weight excluding hydrogens is 256 g/mol. The normalized spacial score (nSPS) is 10.1. The fraction of sp³-hybridized carbons (Fsp3) is 0.200. The number of pyridine rings is 1. The molecule has 0 saturated heterocycles. The van der Waals surface area contributed by atoms with E-state index in [2.05, 4.69) is 15.0 Å². The second-order valence-electron chi connectivity index (χ2n) is 4.11. The molecule has 0 aliphatic rings. The van der Waals surface area contributed by atoms with Crippen LogP contribution < -0.4 is 10.1 Å². The van der Waals surface area contributed by atoms with Crippen LogP contribution >= 0.6 is 0 Å². The first-order valence-corrected chi connectivity index (χ1v) is 6.19. The van der Waals surface area contributed by atoms with Gasteiger partial charge in [0.05, 0.1) is 7.11 Å². The van der Waals surface area contributed by atoms with Crippen molar-refractivity contribution in [2.75, 3.05) is 14.2 Å². The predicted molar refractivity (Wildman–Crippen MR) is 74.9 cm³/mol. The standard InChI is InChI=1S/C15H16N2O3/c1-16-10-11-5-3-4-6-14(11)20-12-7-8-17-13(9-12)15(18)19-2/h3-9,16H,10H2,1-2H3. The highest BCUT2D eigenvalue weighted by atomic mass is 16.5. The van der Waals surface area contributed by atoms with Crippen LogP contribution in [0.1, 0.15) is 16.1 Å². The quantitative estimate of drug-likeness (QED) is 0.847. The van der Waals surface area contributed by atoms with Gasteiger partial charge in [0.2, 0.25) is 0 Å². The fourth-order valence-corrected chi connectivity index (χ4v) is 1.76. The highest BCUT2D eigenvalue weighted by Gasteiger charge is 2.09. The predicted octanol–water partition coefficient (Wildman–Crippen LogP) is 2.38. The van der Waals surface area contributed by atoms with Crippen LogP contribution in [0.25, 0.3) is 0 Å². The molecule has 0 bridgehead atoms. The highest BCUT2D eigenvalue weighted by Crippen LogP contribution is 2.25. The van der Waals surface area contributed by atoms with E-state index in [1.165, 1.54) is 13.3 Å². The van der Waals surface area contributed by atoms with E-state index in [4.69, 9.17) is 4.74 Å². The molecule has 104 valence electrons. The van der Waals surface area contributed by atoms with Crippen LogP contribution in [-0.4, -0.2) is 25.1 Å². The second kappa shape index (κ2) is 6.68. The summed E-state index contributed by atoms with van der Waals surface area (Å²) in [7, 11) is 3.19. The van der Waals surface area contributed by atoms with E-state index in [9.17, 15) is 4.79 Å². The van der Waals surface area contributed by atoms with Gasteiger partial charge in [0, 0.05) is 24.4 Å². The minimum absolute atomic E-state index is 0.219. The van der Waals surface area contributed by atoms with Crippen molar-refractivity contribution >= 4 is 5.97 Å². The number of ether oxygens (including phenoxy) is 2. The Morgan fingerprint density at radius 3 is 2.85 bits per heavy atom. The van der Waals surface area contributed by atoms with Gasteiger partial charge in [-0.3, -0.25) is 0 Å². The van der Waals surface area contributed by atoms with Gasteiger partial charge in [0.25, 0.3) is 0 Å². The molecule has 1 N–H and O–H groups in total. The molecule has 5 nitrogen and oxygen atoms in total. The summed E-state index contributed by atoms with van der Waals surface area (Å²) in [6, 6.07) is 11.0. The zero-order valence-corrected chi connectivity index (χ0v) is 11.4. The third-order valence-corrected chi connectivity index (χ3v) is 2.69. The molecule has 0 aliphatic carbocycles. The first-order valence-electron chi connectivity index (χ1n) is 6.19. The molecule has 0 atom stereocenters. The van der Waals surface area contributed by atoms with E-state index in [1.54, 1.807) is 12.1 Å². The van der Waals surface area contributed by atoms with E-state index in [-0.39, 0.29) is 5.69 Å². The number of nitrogens with one attached hydrogen (secondary N) is 1. The number of para-hydroxylation sites is 1. The maximum Gasteiger partial charge on any atom is 0.356 e. The van der Waals surface area contributed by atoms with Crippen molar-refractivity contribution in [2.45, 2.75) is 6.54 Å². The number of carbonyl (C=O) groups is 1. The van der Waals surface area contributed by atoms with Gasteiger partial charge >= 0.3 is 5.97 Å². The van der Waals surface area contributed by atoms with Crippen molar-refractivity contribution in [2.24, 2.45) is 0 Å². The number of esters is 1. The third kappa shape index (κ3) is 3.33. The largest absolute Gasteiger partial charge is 0.464 e. The van der Waals surface area contributed by atoms with E-state index in [1.807, 2.05) is 31.3 Å². The molecule has 0 saturated carbocycles. The molecule has 0 amide bonds. The van der Waals surface area contributed by atoms with Crippen molar-refractivity contribution in [1.82, 2.24) is 10.3 Å². The summed E-state index contributed by atoms with van der Waals surface area (Å²) in [6.07, 6.45) is 1.52. The number of nitrogens with zero attached hydrogens (tertiary/aromatic N) is 1. The van der Waals surface area contributed by atoms with E-state index in [0.29, 0.717) is 12.3 Å². The molecule has 2 rings (SSSR count). The van der Waals surface area contributed by atoms with Crippen LogP contribution in [0, 0.1) is 0 Å². The van der Waals surface area contributed by atoms with Gasteiger partial charge in [-0.05, 0) is 19.2 Å². The van der Waals surface area contributed by atoms with Gasteiger partial charge in [0.15, 0.2) is 5.69 Å². The van der Waals surface area contributed by atoms with Crippen molar-refractivity contribution in [3.8, 4) is 11.5 Å². The lowest BCUT2D eigenvalue weighted by molar-refractivity contribution is 0.0593. The van der Waals surface area contributed by atoms with Crippen LogP contribution in [0.2, 0.25) is 0 Å². The number of benzene rings is 1. The molecule has 1 aromatic heterocycles.